The smallest absolute Gasteiger partial charge is 0.744 e. The molecule has 0 aromatic heterocycles. The van der Waals surface area contributed by atoms with Crippen LogP contribution in [0.15, 0.2) is 131 Å². The summed E-state index contributed by atoms with van der Waals surface area (Å²) in [5.74, 6) is 0. The van der Waals surface area contributed by atoms with Gasteiger partial charge in [0.25, 0.3) is 0 Å². The Balaban J connectivity index is 0.00000230. The first kappa shape index (κ1) is 35.1. The summed E-state index contributed by atoms with van der Waals surface area (Å²) < 4.78 is 67.7. The fourth-order valence-electron chi connectivity index (χ4n) is 4.90. The van der Waals surface area contributed by atoms with Crippen LogP contribution in [0.2, 0.25) is 0 Å². The maximum Gasteiger partial charge on any atom is 1.00 e. The Hall–Kier alpha value is -2.74. The maximum atomic E-state index is 11.3. The predicted molar refractivity (Wildman–Crippen MR) is 166 cm³/mol. The van der Waals surface area contributed by atoms with Crippen LogP contribution in [0.25, 0.3) is 21.5 Å². The molecule has 0 saturated carbocycles. The Labute approximate surface area is 306 Å². The van der Waals surface area contributed by atoms with E-state index in [1.165, 1.54) is 24.3 Å². The summed E-state index contributed by atoms with van der Waals surface area (Å²) in [6.07, 6.45) is 0.752. The molecule has 0 amide bonds. The third-order valence-electron chi connectivity index (χ3n) is 7.09. The molecule has 0 aliphatic rings. The van der Waals surface area contributed by atoms with Crippen molar-refractivity contribution in [1.29, 1.82) is 0 Å². The molecule has 0 radical (unpaired) electrons. The third-order valence-corrected chi connectivity index (χ3v) is 8.76. The normalized spacial score (nSPS) is 11.4. The number of hydrogen-bond acceptors (Lipinski definition) is 8. The molecular weight excluding hydrogens is 630 g/mol. The van der Waals surface area contributed by atoms with Gasteiger partial charge in [0.1, 0.15) is 20.2 Å². The predicted octanol–water partition coefficient (Wildman–Crippen LogP) is 0.887. The van der Waals surface area contributed by atoms with Gasteiger partial charge in [0.05, 0.1) is 9.79 Å². The first-order valence-electron chi connectivity index (χ1n) is 13.2. The number of rotatable bonds is 8. The van der Waals surface area contributed by atoms with E-state index in [0.29, 0.717) is 10.8 Å². The molecule has 0 aliphatic heterocycles. The minimum absolute atomic E-state index is 0. The van der Waals surface area contributed by atoms with Crippen LogP contribution in [-0.4, -0.2) is 25.9 Å². The van der Waals surface area contributed by atoms with Crippen molar-refractivity contribution in [3.8, 4) is 0 Å². The Morgan fingerprint density at radius 1 is 0.422 bits per heavy atom. The molecule has 0 saturated heterocycles. The second-order valence-corrected chi connectivity index (χ2v) is 12.9. The summed E-state index contributed by atoms with van der Waals surface area (Å²) in [5, 5.41) is 9.69. The van der Waals surface area contributed by atoms with Crippen LogP contribution in [0.4, 0.5) is 22.7 Å². The zero-order chi connectivity index (χ0) is 30.2. The molecule has 12 heteroatoms. The van der Waals surface area contributed by atoms with Gasteiger partial charge in [-0.3, -0.25) is 0 Å². The summed E-state index contributed by atoms with van der Waals surface area (Å²) in [4.78, 5) is -0.488. The van der Waals surface area contributed by atoms with Crippen LogP contribution in [0.5, 0.6) is 0 Å². The second-order valence-electron chi connectivity index (χ2n) is 10.2. The van der Waals surface area contributed by atoms with Gasteiger partial charge in [0, 0.05) is 22.7 Å². The molecular formula is C33H24N2Na2O6S2. The van der Waals surface area contributed by atoms with Crippen LogP contribution in [-0.2, 0) is 26.7 Å². The topological polar surface area (TPSA) is 138 Å². The summed E-state index contributed by atoms with van der Waals surface area (Å²) in [6, 6.07) is 35.9. The summed E-state index contributed by atoms with van der Waals surface area (Å²) in [6.45, 7) is 0. The molecule has 8 nitrogen and oxygen atoms in total. The largest absolute Gasteiger partial charge is 1.00 e. The van der Waals surface area contributed by atoms with Crippen LogP contribution in [0.1, 0.15) is 11.1 Å². The molecule has 0 aliphatic carbocycles. The van der Waals surface area contributed by atoms with Gasteiger partial charge >= 0.3 is 59.1 Å². The summed E-state index contributed by atoms with van der Waals surface area (Å²) >= 11 is 0. The molecule has 0 fully saturated rings. The molecule has 45 heavy (non-hydrogen) atoms. The average molecular weight is 655 g/mol. The van der Waals surface area contributed by atoms with Gasteiger partial charge in [-0.2, -0.15) is 0 Å². The van der Waals surface area contributed by atoms with Crippen molar-refractivity contribution in [2.75, 3.05) is 10.6 Å². The minimum atomic E-state index is -4.50. The van der Waals surface area contributed by atoms with E-state index in [1.807, 2.05) is 48.5 Å². The number of nitrogens with one attached hydrogen (secondary N) is 2. The molecule has 6 aromatic carbocycles. The first-order valence-corrected chi connectivity index (χ1v) is 16.0. The van der Waals surface area contributed by atoms with Gasteiger partial charge < -0.3 is 19.7 Å². The Morgan fingerprint density at radius 3 is 1.09 bits per heavy atom. The van der Waals surface area contributed by atoms with Crippen molar-refractivity contribution in [2.45, 2.75) is 16.2 Å². The standard InChI is InChI=1S/C33H26N2O6S2.2Na/c36-42(37,38)32-15-7-24-18-30(13-5-26(24)20-32)34-28-9-1-22(2-10-28)17-23-3-11-29(12-4-23)35-31-14-6-27-21-33(43(39,40)41)16-8-25(27)19-31;;/h1-16,18-21,34-35H,17H2,(H,36,37,38)(H,39,40,41);;/q;2*+1/p-2. The fraction of sp³-hybridized carbons (Fsp3) is 0.0303. The van der Waals surface area contributed by atoms with E-state index in [4.69, 9.17) is 0 Å². The molecule has 6 rings (SSSR count). The molecule has 216 valence electrons. The van der Waals surface area contributed by atoms with Crippen molar-refractivity contribution in [1.82, 2.24) is 0 Å². The maximum absolute atomic E-state index is 11.3. The van der Waals surface area contributed by atoms with E-state index in [9.17, 15) is 25.9 Å². The Kier molecular flexibility index (Phi) is 11.2. The molecule has 0 heterocycles. The van der Waals surface area contributed by atoms with Crippen molar-refractivity contribution in [3.05, 3.63) is 132 Å². The van der Waals surface area contributed by atoms with Gasteiger partial charge in [-0.05, 0) is 112 Å². The SMILES string of the molecule is O=S(=O)([O-])c1ccc2cc(Nc3ccc(Cc4ccc(Nc5ccc6cc(S(=O)(=O)[O-])ccc6c5)cc4)cc3)ccc2c1.[Na+].[Na+]. The van der Waals surface area contributed by atoms with E-state index in [1.54, 1.807) is 24.3 Å². The number of benzene rings is 6. The average Bonchev–Trinajstić information content (AvgIpc) is 2.97. The monoisotopic (exact) mass is 654 g/mol. The minimum Gasteiger partial charge on any atom is -0.744 e. The van der Waals surface area contributed by atoms with Crippen molar-refractivity contribution in [3.63, 3.8) is 0 Å². The number of hydrogen-bond donors (Lipinski definition) is 2. The van der Waals surface area contributed by atoms with Crippen LogP contribution < -0.4 is 69.7 Å². The van der Waals surface area contributed by atoms with Gasteiger partial charge in [0.15, 0.2) is 0 Å². The fourth-order valence-corrected chi connectivity index (χ4v) is 5.91. The molecule has 2 N–H and O–H groups in total. The summed E-state index contributed by atoms with van der Waals surface area (Å²) in [5.41, 5.74) is 5.78. The van der Waals surface area contributed by atoms with Gasteiger partial charge in [-0.25, -0.2) is 16.8 Å². The zero-order valence-electron chi connectivity index (χ0n) is 24.5. The van der Waals surface area contributed by atoms with Crippen LogP contribution in [0.3, 0.4) is 0 Å². The van der Waals surface area contributed by atoms with E-state index >= 15 is 0 Å². The second kappa shape index (κ2) is 14.4. The van der Waals surface area contributed by atoms with E-state index in [-0.39, 0.29) is 68.9 Å². The van der Waals surface area contributed by atoms with Crippen molar-refractivity contribution >= 4 is 64.5 Å². The molecule has 0 unspecified atom stereocenters. The molecule has 6 aromatic rings. The molecule has 0 spiro atoms. The molecule has 0 atom stereocenters. The zero-order valence-corrected chi connectivity index (χ0v) is 30.2. The van der Waals surface area contributed by atoms with Gasteiger partial charge in [0.2, 0.25) is 0 Å². The van der Waals surface area contributed by atoms with Crippen molar-refractivity contribution < 1.29 is 85.1 Å². The quantitative estimate of drug-likeness (QED) is 0.182. The van der Waals surface area contributed by atoms with Gasteiger partial charge in [-0.15, -0.1) is 0 Å². The van der Waals surface area contributed by atoms with Crippen LogP contribution >= 0.6 is 0 Å². The molecule has 0 bridgehead atoms. The third kappa shape index (κ3) is 8.75. The van der Waals surface area contributed by atoms with E-state index < -0.39 is 20.2 Å². The number of anilines is 4. The summed E-state index contributed by atoms with van der Waals surface area (Å²) in [7, 11) is -8.99. The van der Waals surface area contributed by atoms with Gasteiger partial charge in [-0.1, -0.05) is 48.5 Å². The van der Waals surface area contributed by atoms with Crippen LogP contribution in [0, 0.1) is 0 Å². The van der Waals surface area contributed by atoms with E-state index in [2.05, 4.69) is 34.9 Å². The first-order chi connectivity index (χ1) is 20.5. The number of fused-ring (bicyclic) bond motifs is 2. The van der Waals surface area contributed by atoms with Crippen molar-refractivity contribution in [2.24, 2.45) is 0 Å². The van der Waals surface area contributed by atoms with E-state index in [0.717, 1.165) is 51.1 Å². The Morgan fingerprint density at radius 2 is 0.733 bits per heavy atom. The Bertz CT molecular complexity index is 2050.